The van der Waals surface area contributed by atoms with E-state index >= 15 is 0 Å². The molecule has 0 heterocycles. The second-order valence-electron chi connectivity index (χ2n) is 7.02. The van der Waals surface area contributed by atoms with Crippen LogP contribution in [0.2, 0.25) is 5.02 Å². The largest absolute Gasteiger partial charge is 0.481 e. The minimum Gasteiger partial charge on any atom is -0.481 e. The van der Waals surface area contributed by atoms with Gasteiger partial charge in [0.15, 0.2) is 0 Å². The normalized spacial score (nSPS) is 13.4. The number of nitrogens with zero attached hydrogens (tertiary/aromatic N) is 1. The van der Waals surface area contributed by atoms with Crippen molar-refractivity contribution in [1.82, 2.24) is 4.90 Å². The average Bonchev–Trinajstić information content (AvgIpc) is 3.51. The predicted molar refractivity (Wildman–Crippen MR) is 114 cm³/mol. The molecule has 2 aromatic rings. The van der Waals surface area contributed by atoms with Gasteiger partial charge in [0.2, 0.25) is 5.91 Å². The van der Waals surface area contributed by atoms with Gasteiger partial charge in [-0.2, -0.15) is 0 Å². The third-order valence-corrected chi connectivity index (χ3v) is 5.98. The number of rotatable bonds is 8. The number of carboxylic acids is 1. The van der Waals surface area contributed by atoms with Crippen molar-refractivity contribution in [2.24, 2.45) is 5.92 Å². The Labute approximate surface area is 174 Å². The van der Waals surface area contributed by atoms with Crippen LogP contribution in [0.5, 0.6) is 0 Å². The molecule has 0 spiro atoms. The number of hydrogen-bond acceptors (Lipinski definition) is 3. The Balaban J connectivity index is 2.06. The number of amides is 1. The van der Waals surface area contributed by atoms with Crippen molar-refractivity contribution in [1.29, 1.82) is 0 Å². The average molecular weight is 418 g/mol. The molecular weight excluding hydrogens is 394 g/mol. The van der Waals surface area contributed by atoms with E-state index in [0.717, 1.165) is 34.4 Å². The lowest BCUT2D eigenvalue weighted by atomic mass is 9.93. The van der Waals surface area contributed by atoms with E-state index in [0.29, 0.717) is 23.7 Å². The van der Waals surface area contributed by atoms with Gasteiger partial charge in [-0.1, -0.05) is 23.7 Å². The van der Waals surface area contributed by atoms with Crippen LogP contribution in [0, 0.1) is 5.92 Å². The summed E-state index contributed by atoms with van der Waals surface area (Å²) in [5.41, 5.74) is 3.38. The van der Waals surface area contributed by atoms with Crippen molar-refractivity contribution in [3.05, 3.63) is 52.5 Å². The topological polar surface area (TPSA) is 57.6 Å². The smallest absolute Gasteiger partial charge is 0.307 e. The van der Waals surface area contributed by atoms with E-state index < -0.39 is 5.97 Å². The molecule has 0 atom stereocenters. The van der Waals surface area contributed by atoms with Crippen LogP contribution in [0.1, 0.15) is 30.9 Å². The number of thioether (sulfide) groups is 1. The number of hydrogen-bond donors (Lipinski definition) is 1. The van der Waals surface area contributed by atoms with E-state index in [2.05, 4.69) is 0 Å². The molecule has 1 amide bonds. The van der Waals surface area contributed by atoms with Crippen molar-refractivity contribution in [2.75, 3.05) is 12.8 Å². The number of carbonyl (C=O) groups excluding carboxylic acids is 1. The van der Waals surface area contributed by atoms with E-state index in [4.69, 9.17) is 11.6 Å². The third kappa shape index (κ3) is 4.89. The van der Waals surface area contributed by atoms with Gasteiger partial charge in [0, 0.05) is 28.9 Å². The summed E-state index contributed by atoms with van der Waals surface area (Å²) in [6, 6.07) is 11.7. The lowest BCUT2D eigenvalue weighted by Crippen LogP contribution is -2.32. The fourth-order valence-corrected chi connectivity index (χ4v) is 4.00. The SMILES string of the molecule is CCN(Cc1c(CC(=O)O)cc(Cl)cc1-c1ccc(SC)cc1)C(=O)C1CC1. The van der Waals surface area contributed by atoms with Gasteiger partial charge in [0.05, 0.1) is 6.42 Å². The van der Waals surface area contributed by atoms with Crippen LogP contribution in [0.3, 0.4) is 0 Å². The maximum absolute atomic E-state index is 12.7. The van der Waals surface area contributed by atoms with Gasteiger partial charge >= 0.3 is 5.97 Å². The third-order valence-electron chi connectivity index (χ3n) is 5.02. The summed E-state index contributed by atoms with van der Waals surface area (Å²) >= 11 is 7.99. The molecule has 1 fully saturated rings. The molecule has 4 nitrogen and oxygen atoms in total. The first kappa shape index (κ1) is 20.7. The molecule has 2 aromatic carbocycles. The van der Waals surface area contributed by atoms with Crippen LogP contribution in [-0.2, 0) is 22.6 Å². The number of carboxylic acid groups (broad SMARTS) is 1. The molecule has 0 unspecified atom stereocenters. The minimum atomic E-state index is -0.913. The van der Waals surface area contributed by atoms with Crippen molar-refractivity contribution < 1.29 is 14.7 Å². The maximum Gasteiger partial charge on any atom is 0.307 e. The molecule has 148 valence electrons. The Bertz CT molecular complexity index is 878. The summed E-state index contributed by atoms with van der Waals surface area (Å²) in [6.07, 6.45) is 3.79. The standard InChI is InChI=1S/C22H24ClNO3S/c1-3-24(22(27)15-4-5-15)13-20-16(11-21(25)26)10-17(23)12-19(20)14-6-8-18(28-2)9-7-14/h6-10,12,15H,3-5,11,13H2,1-2H3,(H,25,26). The van der Waals surface area contributed by atoms with Crippen LogP contribution < -0.4 is 0 Å². The quantitative estimate of drug-likeness (QED) is 0.606. The highest BCUT2D eigenvalue weighted by molar-refractivity contribution is 7.98. The van der Waals surface area contributed by atoms with Crippen LogP contribution in [0.25, 0.3) is 11.1 Å². The molecule has 1 N–H and O–H groups in total. The fourth-order valence-electron chi connectivity index (χ4n) is 3.35. The lowest BCUT2D eigenvalue weighted by Gasteiger charge is -2.25. The van der Waals surface area contributed by atoms with E-state index in [1.54, 1.807) is 17.8 Å². The van der Waals surface area contributed by atoms with E-state index in [1.165, 1.54) is 0 Å². The highest BCUT2D eigenvalue weighted by Crippen LogP contribution is 2.35. The Kier molecular flexibility index (Phi) is 6.68. The molecule has 0 bridgehead atoms. The second-order valence-corrected chi connectivity index (χ2v) is 8.33. The second kappa shape index (κ2) is 9.01. The lowest BCUT2D eigenvalue weighted by molar-refractivity contribution is -0.136. The van der Waals surface area contributed by atoms with Gasteiger partial charge in [-0.15, -0.1) is 11.8 Å². The highest BCUT2D eigenvalue weighted by atomic mass is 35.5. The molecular formula is C22H24ClNO3S. The molecule has 0 aromatic heterocycles. The van der Waals surface area contributed by atoms with Gasteiger partial charge in [-0.3, -0.25) is 9.59 Å². The summed E-state index contributed by atoms with van der Waals surface area (Å²) in [5.74, 6) is -0.634. The molecule has 28 heavy (non-hydrogen) atoms. The van der Waals surface area contributed by atoms with Crippen molar-refractivity contribution in [3.63, 3.8) is 0 Å². The molecule has 6 heteroatoms. The summed E-state index contributed by atoms with van der Waals surface area (Å²) in [7, 11) is 0. The van der Waals surface area contributed by atoms with Crippen molar-refractivity contribution in [2.45, 2.75) is 37.6 Å². The Morgan fingerprint density at radius 2 is 1.89 bits per heavy atom. The van der Waals surface area contributed by atoms with E-state index in [9.17, 15) is 14.7 Å². The molecule has 0 saturated heterocycles. The van der Waals surface area contributed by atoms with Crippen molar-refractivity contribution in [3.8, 4) is 11.1 Å². The number of halogens is 1. The first-order chi connectivity index (χ1) is 13.4. The summed E-state index contributed by atoms with van der Waals surface area (Å²) in [6.45, 7) is 2.94. The van der Waals surface area contributed by atoms with Gasteiger partial charge in [-0.25, -0.2) is 0 Å². The Morgan fingerprint density at radius 3 is 2.43 bits per heavy atom. The van der Waals surface area contributed by atoms with Gasteiger partial charge < -0.3 is 10.0 Å². The Morgan fingerprint density at radius 1 is 1.21 bits per heavy atom. The number of carbonyl (C=O) groups is 2. The highest BCUT2D eigenvalue weighted by Gasteiger charge is 2.33. The Hall–Kier alpha value is -1.98. The molecule has 1 saturated carbocycles. The molecule has 1 aliphatic carbocycles. The van der Waals surface area contributed by atoms with Crippen LogP contribution in [0.4, 0.5) is 0 Å². The van der Waals surface area contributed by atoms with Gasteiger partial charge in [0.1, 0.15) is 0 Å². The van der Waals surface area contributed by atoms with Crippen LogP contribution in [0.15, 0.2) is 41.3 Å². The van der Waals surface area contributed by atoms with Gasteiger partial charge in [0.25, 0.3) is 0 Å². The maximum atomic E-state index is 12.7. The zero-order valence-electron chi connectivity index (χ0n) is 16.1. The molecule has 3 rings (SSSR count). The number of benzene rings is 2. The summed E-state index contributed by atoms with van der Waals surface area (Å²) in [4.78, 5) is 27.1. The molecule has 0 radical (unpaired) electrons. The van der Waals surface area contributed by atoms with Crippen LogP contribution in [-0.4, -0.2) is 34.7 Å². The number of aliphatic carboxylic acids is 1. The van der Waals surface area contributed by atoms with E-state index in [-0.39, 0.29) is 18.2 Å². The van der Waals surface area contributed by atoms with Crippen molar-refractivity contribution >= 4 is 35.2 Å². The molecule has 1 aliphatic rings. The fraction of sp³-hybridized carbons (Fsp3) is 0.364. The summed E-state index contributed by atoms with van der Waals surface area (Å²) in [5, 5.41) is 9.88. The summed E-state index contributed by atoms with van der Waals surface area (Å²) < 4.78 is 0. The predicted octanol–water partition coefficient (Wildman–Crippen LogP) is 5.11. The zero-order chi connectivity index (χ0) is 20.3. The first-order valence-electron chi connectivity index (χ1n) is 9.39. The minimum absolute atomic E-state index is 0.124. The first-order valence-corrected chi connectivity index (χ1v) is 11.0. The van der Waals surface area contributed by atoms with Crippen LogP contribution >= 0.6 is 23.4 Å². The molecule has 0 aliphatic heterocycles. The van der Waals surface area contributed by atoms with E-state index in [1.807, 2.05) is 48.4 Å². The zero-order valence-corrected chi connectivity index (χ0v) is 17.6. The monoisotopic (exact) mass is 417 g/mol. The van der Waals surface area contributed by atoms with Gasteiger partial charge in [-0.05, 0) is 72.5 Å².